The molecule has 0 saturated heterocycles. The topological polar surface area (TPSA) is 83.6 Å². The Hall–Kier alpha value is -1.12. The lowest BCUT2D eigenvalue weighted by Crippen LogP contribution is -2.39. The molecule has 6 nitrogen and oxygen atoms in total. The van der Waals surface area contributed by atoms with Crippen molar-refractivity contribution in [3.8, 4) is 0 Å². The minimum Gasteiger partial charge on any atom is -0.269 e. The molecule has 0 bridgehead atoms. The Morgan fingerprint density at radius 3 is 2.17 bits per heavy atom. The van der Waals surface area contributed by atoms with Crippen molar-refractivity contribution in [3.05, 3.63) is 29.8 Å². The van der Waals surface area contributed by atoms with Crippen LogP contribution in [0.5, 0.6) is 0 Å². The predicted octanol–water partition coefficient (Wildman–Crippen LogP) is 2.08. The third-order valence-electron chi connectivity index (χ3n) is 3.49. The fraction of sp³-hybridized carbons (Fsp3) is 0.625. The van der Waals surface area contributed by atoms with E-state index >= 15 is 0 Å². The summed E-state index contributed by atoms with van der Waals surface area (Å²) in [4.78, 5) is 0. The first kappa shape index (κ1) is 20.9. The van der Waals surface area contributed by atoms with Gasteiger partial charge in [0, 0.05) is 13.1 Å². The number of hydrogen-bond donors (Lipinski definition) is 1. The van der Waals surface area contributed by atoms with E-state index < -0.39 is 20.0 Å². The van der Waals surface area contributed by atoms with Gasteiger partial charge in [-0.15, -0.1) is 0 Å². The number of hydrogen-bond acceptors (Lipinski definition) is 4. The average Bonchev–Trinajstić information content (AvgIpc) is 2.41. The van der Waals surface area contributed by atoms with E-state index in [0.717, 1.165) is 11.8 Å². The summed E-state index contributed by atoms with van der Waals surface area (Å²) in [6.07, 6.45) is 1.64. The van der Waals surface area contributed by atoms with Crippen LogP contribution >= 0.6 is 0 Å². The van der Waals surface area contributed by atoms with Gasteiger partial charge in [0.05, 0.1) is 17.7 Å². The monoisotopic (exact) mass is 376 g/mol. The molecule has 0 aliphatic carbocycles. The molecule has 0 unspecified atom stereocenters. The molecular weight excluding hydrogens is 348 g/mol. The van der Waals surface area contributed by atoms with Crippen LogP contribution in [-0.2, 0) is 25.5 Å². The molecule has 0 aliphatic rings. The van der Waals surface area contributed by atoms with Crippen molar-refractivity contribution in [1.29, 1.82) is 0 Å². The lowest BCUT2D eigenvalue weighted by molar-refractivity contribution is 0.573. The van der Waals surface area contributed by atoms with Crippen molar-refractivity contribution in [3.63, 3.8) is 0 Å². The summed E-state index contributed by atoms with van der Waals surface area (Å²) in [5.74, 6) is 0.0322. The van der Waals surface area contributed by atoms with Crippen molar-refractivity contribution < 1.29 is 16.8 Å². The van der Waals surface area contributed by atoms with Gasteiger partial charge in [-0.1, -0.05) is 45.9 Å². The van der Waals surface area contributed by atoms with Crippen molar-refractivity contribution in [1.82, 2.24) is 4.72 Å². The fourth-order valence-electron chi connectivity index (χ4n) is 2.43. The average molecular weight is 377 g/mol. The highest BCUT2D eigenvalue weighted by Gasteiger charge is 2.25. The third-order valence-corrected chi connectivity index (χ3v) is 6.26. The van der Waals surface area contributed by atoms with Gasteiger partial charge in [-0.3, -0.25) is 4.31 Å². The Morgan fingerprint density at radius 1 is 1.08 bits per heavy atom. The van der Waals surface area contributed by atoms with Gasteiger partial charge >= 0.3 is 0 Å². The van der Waals surface area contributed by atoms with E-state index in [1.165, 1.54) is 4.31 Å². The maximum Gasteiger partial charge on any atom is 0.232 e. The van der Waals surface area contributed by atoms with Crippen molar-refractivity contribution in [2.24, 2.45) is 0 Å². The number of rotatable bonds is 8. The second kappa shape index (κ2) is 7.84. The van der Waals surface area contributed by atoms with E-state index in [2.05, 4.69) is 4.72 Å². The standard InChI is InChI=1S/C16H28N2O4S2/c1-6-13-24(21,22)17-11-12-18(23(5,19)20)15-10-8-7-9-14(15)16(2,3)4/h7-10,17H,6,11-13H2,1-5H3. The first-order chi connectivity index (χ1) is 10.9. The molecule has 0 radical (unpaired) electrons. The predicted molar refractivity (Wildman–Crippen MR) is 99.4 cm³/mol. The minimum atomic E-state index is -3.53. The highest BCUT2D eigenvalue weighted by Crippen LogP contribution is 2.32. The van der Waals surface area contributed by atoms with Crippen molar-refractivity contribution in [2.75, 3.05) is 29.4 Å². The third kappa shape index (κ3) is 6.07. The summed E-state index contributed by atoms with van der Waals surface area (Å²) in [6, 6.07) is 7.30. The molecule has 0 amide bonds. The number of para-hydroxylation sites is 1. The zero-order valence-corrected chi connectivity index (χ0v) is 16.7. The number of nitrogens with one attached hydrogen (secondary N) is 1. The largest absolute Gasteiger partial charge is 0.269 e. The van der Waals surface area contributed by atoms with Gasteiger partial charge in [0.2, 0.25) is 20.0 Å². The first-order valence-corrected chi connectivity index (χ1v) is 11.4. The van der Waals surface area contributed by atoms with Crippen LogP contribution in [0.2, 0.25) is 0 Å². The van der Waals surface area contributed by atoms with E-state index in [0.29, 0.717) is 12.1 Å². The van der Waals surface area contributed by atoms with E-state index in [1.807, 2.05) is 32.9 Å². The van der Waals surface area contributed by atoms with Gasteiger partial charge in [0.15, 0.2) is 0 Å². The van der Waals surface area contributed by atoms with Gasteiger partial charge in [0.25, 0.3) is 0 Å². The highest BCUT2D eigenvalue weighted by atomic mass is 32.2. The molecule has 0 heterocycles. The van der Waals surface area contributed by atoms with Gasteiger partial charge in [0.1, 0.15) is 0 Å². The lowest BCUT2D eigenvalue weighted by Gasteiger charge is -2.30. The molecular formula is C16H28N2O4S2. The van der Waals surface area contributed by atoms with Crippen LogP contribution in [0.4, 0.5) is 5.69 Å². The zero-order valence-electron chi connectivity index (χ0n) is 15.0. The fourth-order valence-corrected chi connectivity index (χ4v) is 4.46. The second-order valence-corrected chi connectivity index (χ2v) is 10.6. The van der Waals surface area contributed by atoms with Crippen molar-refractivity contribution in [2.45, 2.75) is 39.5 Å². The maximum atomic E-state index is 12.2. The number of anilines is 1. The second-order valence-electron chi connectivity index (χ2n) is 6.82. The van der Waals surface area contributed by atoms with Crippen LogP contribution in [0, 0.1) is 0 Å². The van der Waals surface area contributed by atoms with Gasteiger partial charge < -0.3 is 0 Å². The molecule has 0 aliphatic heterocycles. The SMILES string of the molecule is CCCS(=O)(=O)NCCN(c1ccccc1C(C)(C)C)S(C)(=O)=O. The Bertz CT molecular complexity index is 751. The summed E-state index contributed by atoms with van der Waals surface area (Å²) in [6.45, 7) is 7.90. The zero-order chi connectivity index (χ0) is 18.6. The summed E-state index contributed by atoms with van der Waals surface area (Å²) in [7, 11) is -6.90. The summed E-state index contributed by atoms with van der Waals surface area (Å²) < 4.78 is 51.7. The van der Waals surface area contributed by atoms with Gasteiger partial charge in [-0.25, -0.2) is 21.6 Å². The summed E-state index contributed by atoms with van der Waals surface area (Å²) in [5, 5.41) is 0. The first-order valence-electron chi connectivity index (χ1n) is 7.93. The summed E-state index contributed by atoms with van der Waals surface area (Å²) >= 11 is 0. The van der Waals surface area contributed by atoms with Crippen LogP contribution in [0.15, 0.2) is 24.3 Å². The van der Waals surface area contributed by atoms with E-state index in [4.69, 9.17) is 0 Å². The quantitative estimate of drug-likeness (QED) is 0.753. The van der Waals surface area contributed by atoms with Crippen LogP contribution < -0.4 is 9.03 Å². The molecule has 24 heavy (non-hydrogen) atoms. The Morgan fingerprint density at radius 2 is 1.67 bits per heavy atom. The van der Waals surface area contributed by atoms with Crippen LogP contribution in [0.25, 0.3) is 0 Å². The highest BCUT2D eigenvalue weighted by molar-refractivity contribution is 7.92. The molecule has 138 valence electrons. The Kier molecular flexibility index (Phi) is 6.84. The Balaban J connectivity index is 3.10. The van der Waals surface area contributed by atoms with Crippen LogP contribution in [-0.4, -0.2) is 41.9 Å². The molecule has 1 rings (SSSR count). The molecule has 1 aromatic carbocycles. The molecule has 8 heteroatoms. The summed E-state index contributed by atoms with van der Waals surface area (Å²) in [5.41, 5.74) is 1.25. The van der Waals surface area contributed by atoms with Crippen LogP contribution in [0.1, 0.15) is 39.7 Å². The van der Waals surface area contributed by atoms with Gasteiger partial charge in [-0.05, 0) is 23.5 Å². The molecule has 0 atom stereocenters. The Labute approximate surface area is 146 Å². The van der Waals surface area contributed by atoms with Crippen LogP contribution in [0.3, 0.4) is 0 Å². The van der Waals surface area contributed by atoms with Crippen molar-refractivity contribution >= 4 is 25.7 Å². The smallest absolute Gasteiger partial charge is 0.232 e. The minimum absolute atomic E-state index is 0.0322. The normalized spacial score (nSPS) is 13.0. The molecule has 0 saturated carbocycles. The van der Waals surface area contributed by atoms with E-state index in [1.54, 1.807) is 19.1 Å². The molecule has 1 aromatic rings. The molecule has 0 spiro atoms. The van der Waals surface area contributed by atoms with Gasteiger partial charge in [-0.2, -0.15) is 0 Å². The molecule has 0 aromatic heterocycles. The van der Waals surface area contributed by atoms with E-state index in [9.17, 15) is 16.8 Å². The van der Waals surface area contributed by atoms with E-state index in [-0.39, 0.29) is 24.3 Å². The molecule has 0 fully saturated rings. The number of nitrogens with zero attached hydrogens (tertiary/aromatic N) is 1. The molecule has 1 N–H and O–H groups in total. The number of sulfonamides is 2. The lowest BCUT2D eigenvalue weighted by atomic mass is 9.86. The number of benzene rings is 1. The maximum absolute atomic E-state index is 12.2.